The lowest BCUT2D eigenvalue weighted by Gasteiger charge is -2.28. The van der Waals surface area contributed by atoms with E-state index in [9.17, 15) is 0 Å². The second kappa shape index (κ2) is 12.6. The van der Waals surface area contributed by atoms with Crippen LogP contribution >= 0.6 is 0 Å². The summed E-state index contributed by atoms with van der Waals surface area (Å²) in [5, 5.41) is 9.95. The zero-order valence-electron chi connectivity index (χ0n) is 28.1. The van der Waals surface area contributed by atoms with Crippen molar-refractivity contribution in [1.82, 2.24) is 4.57 Å². The molecule has 4 heteroatoms. The van der Waals surface area contributed by atoms with E-state index in [-0.39, 0.29) is 0 Å². The molecule has 9 rings (SSSR count). The monoisotopic (exact) mass is 675 g/mol. The van der Waals surface area contributed by atoms with Gasteiger partial charge in [0.15, 0.2) is 11.4 Å². The van der Waals surface area contributed by atoms with Crippen LogP contribution < -0.4 is 15.6 Å². The predicted molar refractivity (Wildman–Crippen MR) is 219 cm³/mol. The van der Waals surface area contributed by atoms with Crippen LogP contribution in [0.15, 0.2) is 176 Å². The Balaban J connectivity index is 1.40. The lowest BCUT2D eigenvalue weighted by Crippen LogP contribution is -2.66. The predicted octanol–water partition coefficient (Wildman–Crippen LogP) is 10.3. The van der Waals surface area contributed by atoms with Gasteiger partial charge < -0.3 is 4.57 Å². The van der Waals surface area contributed by atoms with Crippen molar-refractivity contribution in [2.24, 2.45) is 0 Å². The number of fused-ring (bicyclic) bond motifs is 5. The highest BCUT2D eigenvalue weighted by Gasteiger charge is 2.38. The Bertz CT molecular complexity index is 2750. The first-order chi connectivity index (χ1) is 25.7. The van der Waals surface area contributed by atoms with E-state index in [2.05, 4.69) is 165 Å². The van der Waals surface area contributed by atoms with Crippen LogP contribution in [0.25, 0.3) is 58.7 Å². The highest BCUT2D eigenvalue weighted by molar-refractivity contribution is 7.16. The van der Waals surface area contributed by atoms with Crippen LogP contribution in [0.1, 0.15) is 5.56 Å². The summed E-state index contributed by atoms with van der Waals surface area (Å²) in [7, 11) is -2.85. The maximum absolute atomic E-state index is 7.72. The Morgan fingerprint density at radius 1 is 0.423 bits per heavy atom. The summed E-state index contributed by atoms with van der Waals surface area (Å²) >= 11 is 0. The summed E-state index contributed by atoms with van der Waals surface area (Å²) in [6.45, 7) is 15.4. The van der Waals surface area contributed by atoms with Crippen molar-refractivity contribution < 1.29 is 0 Å². The van der Waals surface area contributed by atoms with Gasteiger partial charge in [0.1, 0.15) is 0 Å². The fourth-order valence-corrected chi connectivity index (χ4v) is 11.6. The van der Waals surface area contributed by atoms with Crippen LogP contribution in [0.4, 0.5) is 11.4 Å². The van der Waals surface area contributed by atoms with Gasteiger partial charge in [0.05, 0.1) is 29.9 Å². The molecule has 8 aromatic carbocycles. The van der Waals surface area contributed by atoms with Gasteiger partial charge in [-0.1, -0.05) is 158 Å². The Kier molecular flexibility index (Phi) is 7.49. The summed E-state index contributed by atoms with van der Waals surface area (Å²) in [5.74, 6) is 3.88. The van der Waals surface area contributed by atoms with Gasteiger partial charge in [-0.15, -0.1) is 5.54 Å². The zero-order chi connectivity index (χ0) is 35.1. The van der Waals surface area contributed by atoms with Crippen LogP contribution in [0.2, 0.25) is 0 Å². The molecule has 9 aromatic rings. The van der Waals surface area contributed by atoms with Crippen LogP contribution in [0, 0.1) is 24.6 Å². The zero-order valence-corrected chi connectivity index (χ0v) is 29.1. The number of aromatic nitrogens is 1. The van der Waals surface area contributed by atoms with Gasteiger partial charge in [-0.2, -0.15) is 0 Å². The number of benzene rings is 8. The Labute approximate surface area is 303 Å². The minimum Gasteiger partial charge on any atom is -0.308 e. The SMILES string of the molecule is [C-]#[N+]c1ccc2c(c1)c1cc([N+]#[C-])ccc1n2-c1c2ccccc2c(C#C[Si](c2ccccc2)(c2ccccc2)c2ccccc2)c2ccccc12. The molecular weight excluding hydrogens is 647 g/mol. The summed E-state index contributed by atoms with van der Waals surface area (Å²) in [6, 6.07) is 61.3. The van der Waals surface area contributed by atoms with Gasteiger partial charge in [-0.05, 0) is 50.6 Å². The lowest BCUT2D eigenvalue weighted by atomic mass is 9.95. The van der Waals surface area contributed by atoms with Crippen LogP contribution in [0.3, 0.4) is 0 Å². The molecule has 240 valence electrons. The molecule has 0 saturated heterocycles. The van der Waals surface area contributed by atoms with Gasteiger partial charge >= 0.3 is 0 Å². The number of rotatable bonds is 4. The molecule has 0 aliphatic carbocycles. The highest BCUT2D eigenvalue weighted by atomic mass is 28.3. The molecule has 1 aromatic heterocycles. The smallest absolute Gasteiger partial charge is 0.230 e. The maximum Gasteiger partial charge on any atom is 0.230 e. The number of hydrogen-bond donors (Lipinski definition) is 0. The van der Waals surface area contributed by atoms with Crippen molar-refractivity contribution in [3.05, 3.63) is 204 Å². The third kappa shape index (κ3) is 4.81. The molecule has 1 heterocycles. The minimum absolute atomic E-state index is 0.572. The molecule has 52 heavy (non-hydrogen) atoms. The lowest BCUT2D eigenvalue weighted by molar-refractivity contribution is 1.21. The quantitative estimate of drug-likeness (QED) is 0.0580. The average Bonchev–Trinajstić information content (AvgIpc) is 3.54. The van der Waals surface area contributed by atoms with Gasteiger partial charge in [0.25, 0.3) is 0 Å². The molecule has 0 fully saturated rings. The summed E-state index contributed by atoms with van der Waals surface area (Å²) in [6.07, 6.45) is 0. The van der Waals surface area contributed by atoms with Gasteiger partial charge in [0, 0.05) is 27.1 Å². The Morgan fingerprint density at radius 3 is 1.21 bits per heavy atom. The molecule has 0 spiro atoms. The topological polar surface area (TPSA) is 13.7 Å². The van der Waals surface area contributed by atoms with Crippen molar-refractivity contribution in [3.8, 4) is 17.2 Å². The maximum atomic E-state index is 7.72. The van der Waals surface area contributed by atoms with E-state index in [0.717, 1.165) is 54.6 Å². The highest BCUT2D eigenvalue weighted by Crippen LogP contribution is 2.42. The fraction of sp³-hybridized carbons (Fsp3) is 0. The van der Waals surface area contributed by atoms with Crippen molar-refractivity contribution >= 4 is 78.4 Å². The summed E-state index contributed by atoms with van der Waals surface area (Å²) in [4.78, 5) is 7.48. The summed E-state index contributed by atoms with van der Waals surface area (Å²) in [5.41, 5.74) is 9.23. The molecule has 0 unspecified atom stereocenters. The fourth-order valence-electron chi connectivity index (χ4n) is 7.80. The van der Waals surface area contributed by atoms with Gasteiger partial charge in [-0.3, -0.25) is 0 Å². The average molecular weight is 676 g/mol. The van der Waals surface area contributed by atoms with E-state index in [0.29, 0.717) is 11.4 Å². The standard InChI is InChI=1S/C48H29N3Si/c1-49-34-26-28-46-44(32-34)45-33-35(50-2)27-29-47(45)51(46)48-42-24-14-12-22-39(42)41(40-23-13-15-25-43(40)48)30-31-52(36-16-6-3-7-17-36,37-18-8-4-9-19-37)38-20-10-5-11-21-38/h3-29,32-33H. The number of nitrogens with zero attached hydrogens (tertiary/aromatic N) is 3. The molecule has 0 atom stereocenters. The minimum atomic E-state index is -2.85. The van der Waals surface area contributed by atoms with Crippen LogP contribution in [-0.4, -0.2) is 12.6 Å². The van der Waals surface area contributed by atoms with E-state index in [1.165, 1.54) is 15.6 Å². The normalized spacial score (nSPS) is 11.3. The first-order valence-corrected chi connectivity index (χ1v) is 19.2. The largest absolute Gasteiger partial charge is 0.308 e. The first-order valence-electron chi connectivity index (χ1n) is 17.2. The van der Waals surface area contributed by atoms with Crippen LogP contribution in [0.5, 0.6) is 0 Å². The Morgan fingerprint density at radius 2 is 0.808 bits per heavy atom. The molecule has 0 amide bonds. The third-order valence-electron chi connectivity index (χ3n) is 10.1. The van der Waals surface area contributed by atoms with E-state index in [1.54, 1.807) is 0 Å². The Hall–Kier alpha value is -7.16. The number of hydrogen-bond acceptors (Lipinski definition) is 0. The molecule has 3 nitrogen and oxygen atoms in total. The molecular formula is C48H29N3Si. The second-order valence-electron chi connectivity index (χ2n) is 12.9. The van der Waals surface area contributed by atoms with Crippen molar-refractivity contribution in [2.75, 3.05) is 0 Å². The van der Waals surface area contributed by atoms with Crippen molar-refractivity contribution in [3.63, 3.8) is 0 Å². The molecule has 0 bridgehead atoms. The third-order valence-corrected chi connectivity index (χ3v) is 14.2. The van der Waals surface area contributed by atoms with Gasteiger partial charge in [0.2, 0.25) is 8.07 Å². The van der Waals surface area contributed by atoms with Crippen LogP contribution in [-0.2, 0) is 0 Å². The molecule has 0 aliphatic rings. The van der Waals surface area contributed by atoms with Crippen molar-refractivity contribution in [1.29, 1.82) is 0 Å². The second-order valence-corrected chi connectivity index (χ2v) is 16.4. The van der Waals surface area contributed by atoms with E-state index >= 15 is 0 Å². The summed E-state index contributed by atoms with van der Waals surface area (Å²) < 4.78 is 2.31. The van der Waals surface area contributed by atoms with Crippen molar-refractivity contribution in [2.45, 2.75) is 0 Å². The first kappa shape index (κ1) is 30.9. The molecule has 0 radical (unpaired) electrons. The van der Waals surface area contributed by atoms with E-state index in [1.807, 2.05) is 36.4 Å². The van der Waals surface area contributed by atoms with E-state index < -0.39 is 8.07 Å². The molecule has 0 saturated carbocycles. The van der Waals surface area contributed by atoms with E-state index in [4.69, 9.17) is 13.1 Å². The molecule has 0 aliphatic heterocycles. The molecule has 0 N–H and O–H groups in total. The van der Waals surface area contributed by atoms with Gasteiger partial charge in [-0.25, -0.2) is 9.69 Å².